The Bertz CT molecular complexity index is 653. The largest absolute Gasteiger partial charge is 0.359 e. The van der Waals surface area contributed by atoms with Gasteiger partial charge in [-0.15, -0.1) is 0 Å². The van der Waals surface area contributed by atoms with Gasteiger partial charge in [0.05, 0.1) is 0 Å². The lowest BCUT2D eigenvalue weighted by Gasteiger charge is -2.58. The number of ether oxygens (including phenoxy) is 2. The molecule has 0 aromatic heterocycles. The molecule has 0 spiro atoms. The molecule has 3 saturated carbocycles. The number of carbonyl (C=O) groups is 2. The summed E-state index contributed by atoms with van der Waals surface area (Å²) >= 11 is 0. The van der Waals surface area contributed by atoms with Gasteiger partial charge in [-0.3, -0.25) is 9.59 Å². The number of allylic oxidation sites excluding steroid dienone is 1. The Labute approximate surface area is 163 Å². The maximum absolute atomic E-state index is 12.8. The third kappa shape index (κ3) is 3.04. The van der Waals surface area contributed by atoms with Crippen LogP contribution in [0.4, 0.5) is 0 Å². The number of carbonyl (C=O) groups excluding carboxylic acids is 2. The van der Waals surface area contributed by atoms with E-state index in [2.05, 4.69) is 13.8 Å². The van der Waals surface area contributed by atoms with Crippen LogP contribution in [0.1, 0.15) is 65.2 Å². The molecule has 4 aliphatic carbocycles. The lowest BCUT2D eigenvalue weighted by atomic mass is 9.46. The highest BCUT2D eigenvalue weighted by Crippen LogP contribution is 2.66. The molecule has 4 rings (SSSR count). The minimum absolute atomic E-state index is 0.122. The molecule has 0 heterocycles. The molecule has 6 atom stereocenters. The summed E-state index contributed by atoms with van der Waals surface area (Å²) in [4.78, 5) is 24.8. The molecule has 150 valence electrons. The van der Waals surface area contributed by atoms with Crippen LogP contribution in [0.5, 0.6) is 0 Å². The number of hydrogen-bond acceptors (Lipinski definition) is 4. The van der Waals surface area contributed by atoms with Gasteiger partial charge in [-0.2, -0.15) is 0 Å². The van der Waals surface area contributed by atoms with E-state index in [-0.39, 0.29) is 35.9 Å². The number of Topliss-reactive ketones (excluding diaryl/α,β-unsaturated/α-hetero) is 1. The monoisotopic (exact) mass is 374 g/mol. The smallest absolute Gasteiger partial charge is 0.162 e. The summed E-state index contributed by atoms with van der Waals surface area (Å²) in [5.41, 5.74) is 1.75. The van der Waals surface area contributed by atoms with Crippen molar-refractivity contribution in [2.75, 3.05) is 20.5 Å². The molecule has 0 aromatic rings. The normalized spacial score (nSPS) is 43.5. The Morgan fingerprint density at radius 1 is 1.11 bits per heavy atom. The van der Waals surface area contributed by atoms with Crippen molar-refractivity contribution in [3.63, 3.8) is 0 Å². The van der Waals surface area contributed by atoms with Crippen molar-refractivity contribution in [1.82, 2.24) is 0 Å². The number of ketones is 2. The van der Waals surface area contributed by atoms with Crippen LogP contribution < -0.4 is 0 Å². The highest BCUT2D eigenvalue weighted by molar-refractivity contribution is 5.91. The average Bonchev–Trinajstić information content (AvgIpc) is 3.00. The maximum atomic E-state index is 12.8. The molecule has 4 heteroatoms. The molecule has 27 heavy (non-hydrogen) atoms. The fourth-order valence-electron chi connectivity index (χ4n) is 7.41. The second-order valence-corrected chi connectivity index (χ2v) is 9.86. The fourth-order valence-corrected chi connectivity index (χ4v) is 7.41. The van der Waals surface area contributed by atoms with Crippen LogP contribution >= 0.6 is 0 Å². The van der Waals surface area contributed by atoms with Crippen LogP contribution in [0.3, 0.4) is 0 Å². The van der Waals surface area contributed by atoms with Crippen molar-refractivity contribution in [3.05, 3.63) is 11.6 Å². The van der Waals surface area contributed by atoms with Crippen molar-refractivity contribution >= 4 is 11.6 Å². The van der Waals surface area contributed by atoms with E-state index in [1.807, 2.05) is 6.08 Å². The predicted molar refractivity (Wildman–Crippen MR) is 103 cm³/mol. The quantitative estimate of drug-likeness (QED) is 0.531. The first-order valence-electron chi connectivity index (χ1n) is 10.7. The maximum Gasteiger partial charge on any atom is 0.162 e. The lowest BCUT2D eigenvalue weighted by molar-refractivity contribution is -0.139. The van der Waals surface area contributed by atoms with Crippen LogP contribution in [0, 0.1) is 34.5 Å². The summed E-state index contributed by atoms with van der Waals surface area (Å²) in [6.45, 7) is 5.16. The van der Waals surface area contributed by atoms with E-state index >= 15 is 0 Å². The molecule has 0 N–H and O–H groups in total. The van der Waals surface area contributed by atoms with Crippen LogP contribution in [0.15, 0.2) is 11.6 Å². The molecule has 4 nitrogen and oxygen atoms in total. The van der Waals surface area contributed by atoms with Gasteiger partial charge in [0.25, 0.3) is 0 Å². The lowest BCUT2D eigenvalue weighted by Crippen LogP contribution is -2.51. The predicted octanol–water partition coefficient (Wildman–Crippen LogP) is 4.32. The van der Waals surface area contributed by atoms with Crippen LogP contribution in [0.25, 0.3) is 0 Å². The highest BCUT2D eigenvalue weighted by atomic mass is 16.7. The van der Waals surface area contributed by atoms with Crippen LogP contribution in [-0.2, 0) is 19.1 Å². The van der Waals surface area contributed by atoms with Gasteiger partial charge in [-0.05, 0) is 79.6 Å². The van der Waals surface area contributed by atoms with E-state index in [0.29, 0.717) is 30.0 Å². The second kappa shape index (κ2) is 7.11. The van der Waals surface area contributed by atoms with E-state index < -0.39 is 0 Å². The summed E-state index contributed by atoms with van der Waals surface area (Å²) in [6.07, 6.45) is 10.5. The standard InChI is InChI=1S/C23H34O4/c1-22-10-8-16(24)12-15(22)4-5-17-18-6-7-20(21(25)13-27-14-26-3)23(18,2)11-9-19(17)22/h12,17-20H,4-11,13-14H2,1-3H3/t17-,18-,19-,20+,22-,23-/m0/s1. The van der Waals surface area contributed by atoms with Gasteiger partial charge in [0.1, 0.15) is 13.4 Å². The van der Waals surface area contributed by atoms with Gasteiger partial charge in [0, 0.05) is 19.4 Å². The third-order valence-electron chi connectivity index (χ3n) is 8.80. The Balaban J connectivity index is 1.53. The van der Waals surface area contributed by atoms with Gasteiger partial charge >= 0.3 is 0 Å². The summed E-state index contributed by atoms with van der Waals surface area (Å²) in [7, 11) is 1.59. The Morgan fingerprint density at radius 3 is 2.70 bits per heavy atom. The Kier molecular flexibility index (Phi) is 5.09. The average molecular weight is 375 g/mol. The number of methoxy groups -OCH3 is 1. The summed E-state index contributed by atoms with van der Waals surface area (Å²) in [5, 5.41) is 0. The summed E-state index contributed by atoms with van der Waals surface area (Å²) < 4.78 is 10.3. The first-order valence-corrected chi connectivity index (χ1v) is 10.7. The van der Waals surface area contributed by atoms with Gasteiger partial charge in [0.2, 0.25) is 0 Å². The van der Waals surface area contributed by atoms with E-state index in [4.69, 9.17) is 9.47 Å². The number of fused-ring (bicyclic) bond motifs is 5. The minimum atomic E-state index is 0.122. The van der Waals surface area contributed by atoms with E-state index in [1.165, 1.54) is 24.8 Å². The molecule has 0 saturated heterocycles. The van der Waals surface area contributed by atoms with E-state index in [0.717, 1.165) is 25.7 Å². The minimum Gasteiger partial charge on any atom is -0.359 e. The molecule has 0 aliphatic heterocycles. The number of rotatable bonds is 5. The van der Waals surface area contributed by atoms with Crippen molar-refractivity contribution in [2.45, 2.75) is 65.2 Å². The second-order valence-electron chi connectivity index (χ2n) is 9.86. The molecule has 0 radical (unpaired) electrons. The van der Waals surface area contributed by atoms with Crippen molar-refractivity contribution in [3.8, 4) is 0 Å². The molecule has 0 amide bonds. The zero-order chi connectivity index (χ0) is 19.2. The molecule has 0 aromatic carbocycles. The molecule has 0 unspecified atom stereocenters. The topological polar surface area (TPSA) is 52.6 Å². The molecule has 3 fully saturated rings. The zero-order valence-electron chi connectivity index (χ0n) is 17.1. The zero-order valence-corrected chi connectivity index (χ0v) is 17.1. The highest BCUT2D eigenvalue weighted by Gasteiger charge is 2.59. The molecular weight excluding hydrogens is 340 g/mol. The molecular formula is C23H34O4. The summed E-state index contributed by atoms with van der Waals surface area (Å²) in [5.74, 6) is 2.76. The van der Waals surface area contributed by atoms with E-state index in [1.54, 1.807) is 7.11 Å². The fraction of sp³-hybridized carbons (Fsp3) is 0.826. The Hall–Kier alpha value is -1.00. The number of hydrogen-bond donors (Lipinski definition) is 0. The van der Waals surface area contributed by atoms with Crippen LogP contribution in [-0.4, -0.2) is 32.1 Å². The first kappa shape index (κ1) is 19.3. The Morgan fingerprint density at radius 2 is 1.93 bits per heavy atom. The SMILES string of the molecule is COCOCC(=O)[C@H]1CC[C@H]2[C@@H]3CCC4=CC(=O)CC[C@]4(C)[C@H]3CC[C@]12C. The van der Waals surface area contributed by atoms with Crippen molar-refractivity contribution < 1.29 is 19.1 Å². The van der Waals surface area contributed by atoms with Gasteiger partial charge in [-0.25, -0.2) is 0 Å². The van der Waals surface area contributed by atoms with E-state index in [9.17, 15) is 9.59 Å². The van der Waals surface area contributed by atoms with Crippen molar-refractivity contribution in [2.24, 2.45) is 34.5 Å². The van der Waals surface area contributed by atoms with Gasteiger partial charge < -0.3 is 9.47 Å². The first-order chi connectivity index (χ1) is 12.9. The third-order valence-corrected chi connectivity index (χ3v) is 8.80. The molecule has 4 aliphatic rings. The van der Waals surface area contributed by atoms with Gasteiger partial charge in [0.15, 0.2) is 11.6 Å². The molecule has 0 bridgehead atoms. The van der Waals surface area contributed by atoms with Gasteiger partial charge in [-0.1, -0.05) is 19.4 Å². The van der Waals surface area contributed by atoms with Crippen LogP contribution in [0.2, 0.25) is 0 Å². The summed E-state index contributed by atoms with van der Waals surface area (Å²) in [6, 6.07) is 0. The van der Waals surface area contributed by atoms with Crippen molar-refractivity contribution in [1.29, 1.82) is 0 Å².